The van der Waals surface area contributed by atoms with E-state index < -0.39 is 11.6 Å². The van der Waals surface area contributed by atoms with Gasteiger partial charge in [-0.05, 0) is 48.2 Å². The van der Waals surface area contributed by atoms with Gasteiger partial charge >= 0.3 is 0 Å². The van der Waals surface area contributed by atoms with Crippen molar-refractivity contribution in [3.05, 3.63) is 65.2 Å². The summed E-state index contributed by atoms with van der Waals surface area (Å²) in [6, 6.07) is 10.2. The van der Waals surface area contributed by atoms with Crippen LogP contribution < -0.4 is 10.6 Å². The number of amides is 2. The molecule has 0 aliphatic carbocycles. The lowest BCUT2D eigenvalue weighted by molar-refractivity contribution is -0.116. The molecule has 4 nitrogen and oxygen atoms in total. The van der Waals surface area contributed by atoms with Gasteiger partial charge in [-0.3, -0.25) is 9.59 Å². The van der Waals surface area contributed by atoms with Gasteiger partial charge in [-0.1, -0.05) is 26.0 Å². The number of aryl methyl sites for hydroxylation is 1. The van der Waals surface area contributed by atoms with Crippen LogP contribution in [-0.2, 0) is 11.2 Å². The third-order valence-corrected chi connectivity index (χ3v) is 3.70. The summed E-state index contributed by atoms with van der Waals surface area (Å²) in [4.78, 5) is 24.1. The van der Waals surface area contributed by atoms with Crippen LogP contribution in [0.4, 0.5) is 14.5 Å². The summed E-state index contributed by atoms with van der Waals surface area (Å²) >= 11 is 0. The molecule has 2 N–H and O–H groups in total. The zero-order chi connectivity index (χ0) is 19.1. The summed E-state index contributed by atoms with van der Waals surface area (Å²) in [7, 11) is 0. The van der Waals surface area contributed by atoms with Crippen molar-refractivity contribution in [3.63, 3.8) is 0 Å². The topological polar surface area (TPSA) is 58.2 Å². The first-order valence-electron chi connectivity index (χ1n) is 8.47. The fourth-order valence-corrected chi connectivity index (χ4v) is 2.31. The van der Waals surface area contributed by atoms with E-state index in [0.29, 0.717) is 29.3 Å². The van der Waals surface area contributed by atoms with Crippen molar-refractivity contribution in [2.75, 3.05) is 11.9 Å². The van der Waals surface area contributed by atoms with E-state index in [1.165, 1.54) is 6.07 Å². The Kier molecular flexibility index (Phi) is 6.83. The van der Waals surface area contributed by atoms with Crippen LogP contribution in [0.3, 0.4) is 0 Å². The Morgan fingerprint density at radius 1 is 1.04 bits per heavy atom. The number of hydrogen-bond acceptors (Lipinski definition) is 2. The largest absolute Gasteiger partial charge is 0.352 e. The average molecular weight is 360 g/mol. The van der Waals surface area contributed by atoms with Crippen LogP contribution in [0.1, 0.15) is 36.2 Å². The van der Waals surface area contributed by atoms with Gasteiger partial charge < -0.3 is 10.6 Å². The molecule has 0 saturated heterocycles. The SMILES string of the molecule is CC(C)CNC(=O)c1cccc(NC(=O)CCc2ccc(F)c(F)c2)c1. The second kappa shape index (κ2) is 9.08. The zero-order valence-electron chi connectivity index (χ0n) is 14.8. The molecule has 0 bridgehead atoms. The molecule has 2 rings (SSSR count). The van der Waals surface area contributed by atoms with Crippen LogP contribution in [0.25, 0.3) is 0 Å². The number of benzene rings is 2. The predicted molar refractivity (Wildman–Crippen MR) is 96.9 cm³/mol. The highest BCUT2D eigenvalue weighted by Gasteiger charge is 2.09. The molecule has 2 amide bonds. The summed E-state index contributed by atoms with van der Waals surface area (Å²) in [5.74, 6) is -1.96. The summed E-state index contributed by atoms with van der Waals surface area (Å²) in [5, 5.41) is 5.53. The first-order chi connectivity index (χ1) is 12.3. The second-order valence-electron chi connectivity index (χ2n) is 6.48. The van der Waals surface area contributed by atoms with E-state index in [-0.39, 0.29) is 24.7 Å². The molecule has 0 radical (unpaired) electrons. The molecule has 2 aromatic carbocycles. The second-order valence-corrected chi connectivity index (χ2v) is 6.48. The van der Waals surface area contributed by atoms with E-state index in [1.807, 2.05) is 13.8 Å². The molecule has 6 heteroatoms. The van der Waals surface area contributed by atoms with Crippen LogP contribution >= 0.6 is 0 Å². The molecule has 0 aromatic heterocycles. The fourth-order valence-electron chi connectivity index (χ4n) is 2.31. The van der Waals surface area contributed by atoms with Crippen molar-refractivity contribution in [1.29, 1.82) is 0 Å². The minimum absolute atomic E-state index is 0.120. The van der Waals surface area contributed by atoms with Crippen molar-refractivity contribution < 1.29 is 18.4 Å². The maximum atomic E-state index is 13.2. The molecule has 2 aromatic rings. The Hall–Kier alpha value is -2.76. The van der Waals surface area contributed by atoms with Gasteiger partial charge in [0.1, 0.15) is 0 Å². The van der Waals surface area contributed by atoms with E-state index in [0.717, 1.165) is 12.1 Å². The standard InChI is InChI=1S/C20H22F2N2O2/c1-13(2)12-23-20(26)15-4-3-5-16(11-15)24-19(25)9-7-14-6-8-17(21)18(22)10-14/h3-6,8,10-11,13H,7,9,12H2,1-2H3,(H,23,26)(H,24,25). The first-order valence-corrected chi connectivity index (χ1v) is 8.47. The van der Waals surface area contributed by atoms with E-state index in [2.05, 4.69) is 10.6 Å². The van der Waals surface area contributed by atoms with Crippen molar-refractivity contribution in [2.24, 2.45) is 5.92 Å². The summed E-state index contributed by atoms with van der Waals surface area (Å²) in [6.07, 6.45) is 0.409. The van der Waals surface area contributed by atoms with Crippen molar-refractivity contribution in [3.8, 4) is 0 Å². The van der Waals surface area contributed by atoms with Gasteiger partial charge in [-0.2, -0.15) is 0 Å². The summed E-state index contributed by atoms with van der Waals surface area (Å²) < 4.78 is 26.1. The van der Waals surface area contributed by atoms with Crippen LogP contribution in [-0.4, -0.2) is 18.4 Å². The number of hydrogen-bond donors (Lipinski definition) is 2. The number of carbonyl (C=O) groups excluding carboxylic acids is 2. The summed E-state index contributed by atoms with van der Waals surface area (Å²) in [6.45, 7) is 4.58. The van der Waals surface area contributed by atoms with E-state index in [1.54, 1.807) is 24.3 Å². The zero-order valence-corrected chi connectivity index (χ0v) is 14.8. The molecular weight excluding hydrogens is 338 g/mol. The Bertz CT molecular complexity index is 791. The minimum Gasteiger partial charge on any atom is -0.352 e. The maximum absolute atomic E-state index is 13.2. The van der Waals surface area contributed by atoms with Gasteiger partial charge in [-0.15, -0.1) is 0 Å². The van der Waals surface area contributed by atoms with Crippen LogP contribution in [0.2, 0.25) is 0 Å². The molecule has 0 aliphatic rings. The molecule has 0 saturated carbocycles. The van der Waals surface area contributed by atoms with Gasteiger partial charge in [-0.25, -0.2) is 8.78 Å². The average Bonchev–Trinajstić information content (AvgIpc) is 2.61. The van der Waals surface area contributed by atoms with E-state index >= 15 is 0 Å². The molecule has 0 unspecified atom stereocenters. The van der Waals surface area contributed by atoms with Crippen LogP contribution in [0.5, 0.6) is 0 Å². The Balaban J connectivity index is 1.91. The lowest BCUT2D eigenvalue weighted by Crippen LogP contribution is -2.27. The third kappa shape index (κ3) is 5.95. The lowest BCUT2D eigenvalue weighted by Gasteiger charge is -2.10. The molecule has 0 atom stereocenters. The number of carbonyl (C=O) groups is 2. The van der Waals surface area contributed by atoms with Crippen molar-refractivity contribution in [2.45, 2.75) is 26.7 Å². The Morgan fingerprint density at radius 2 is 1.81 bits per heavy atom. The van der Waals surface area contributed by atoms with E-state index in [9.17, 15) is 18.4 Å². The highest BCUT2D eigenvalue weighted by molar-refractivity contribution is 5.97. The number of nitrogens with one attached hydrogen (secondary N) is 2. The molecular formula is C20H22F2N2O2. The number of halogens is 2. The van der Waals surface area contributed by atoms with Gasteiger partial charge in [0.2, 0.25) is 5.91 Å². The quantitative estimate of drug-likeness (QED) is 0.786. The molecule has 26 heavy (non-hydrogen) atoms. The van der Waals surface area contributed by atoms with Gasteiger partial charge in [0.15, 0.2) is 11.6 Å². The third-order valence-electron chi connectivity index (χ3n) is 3.70. The smallest absolute Gasteiger partial charge is 0.251 e. The summed E-state index contributed by atoms with van der Waals surface area (Å²) in [5.41, 5.74) is 1.52. The Labute approximate surface area is 151 Å². The number of anilines is 1. The lowest BCUT2D eigenvalue weighted by atomic mass is 10.1. The normalized spacial score (nSPS) is 10.7. The molecule has 138 valence electrons. The van der Waals surface area contributed by atoms with E-state index in [4.69, 9.17) is 0 Å². The number of rotatable bonds is 7. The molecule has 0 spiro atoms. The predicted octanol–water partition coefficient (Wildman–Crippen LogP) is 3.92. The van der Waals surface area contributed by atoms with Crippen molar-refractivity contribution >= 4 is 17.5 Å². The molecule has 0 aliphatic heterocycles. The fraction of sp³-hybridized carbons (Fsp3) is 0.300. The first kappa shape index (κ1) is 19.6. The highest BCUT2D eigenvalue weighted by atomic mass is 19.2. The molecule has 0 fully saturated rings. The van der Waals surface area contributed by atoms with Gasteiger partial charge in [0.25, 0.3) is 5.91 Å². The van der Waals surface area contributed by atoms with Gasteiger partial charge in [0, 0.05) is 24.2 Å². The minimum atomic E-state index is -0.928. The monoisotopic (exact) mass is 360 g/mol. The molecule has 0 heterocycles. The highest BCUT2D eigenvalue weighted by Crippen LogP contribution is 2.13. The van der Waals surface area contributed by atoms with Crippen molar-refractivity contribution in [1.82, 2.24) is 5.32 Å². The van der Waals surface area contributed by atoms with Gasteiger partial charge in [0.05, 0.1) is 0 Å². The Morgan fingerprint density at radius 3 is 2.50 bits per heavy atom. The maximum Gasteiger partial charge on any atom is 0.251 e. The van der Waals surface area contributed by atoms with Crippen LogP contribution in [0.15, 0.2) is 42.5 Å². The van der Waals surface area contributed by atoms with Crippen LogP contribution in [0, 0.1) is 17.6 Å².